The maximum atomic E-state index is 3.54. The third kappa shape index (κ3) is 3.09. The van der Waals surface area contributed by atoms with Crippen LogP contribution in [0.3, 0.4) is 0 Å². The van der Waals surface area contributed by atoms with Crippen LogP contribution in [-0.4, -0.2) is 4.98 Å². The van der Waals surface area contributed by atoms with Gasteiger partial charge in [-0.25, -0.2) is 0 Å². The lowest BCUT2D eigenvalue weighted by Gasteiger charge is -2.11. The summed E-state index contributed by atoms with van der Waals surface area (Å²) in [5, 5.41) is 1.27. The topological polar surface area (TPSA) is 15.8 Å². The van der Waals surface area contributed by atoms with Gasteiger partial charge in [-0.3, -0.25) is 0 Å². The molecule has 4 rings (SSSR count). The van der Waals surface area contributed by atoms with E-state index in [9.17, 15) is 0 Å². The number of benzene rings is 3. The minimum Gasteiger partial charge on any atom is -0.358 e. The van der Waals surface area contributed by atoms with Crippen LogP contribution in [0.4, 0.5) is 0 Å². The van der Waals surface area contributed by atoms with Gasteiger partial charge in [0.15, 0.2) is 0 Å². The average Bonchev–Trinajstić information content (AvgIpc) is 2.98. The van der Waals surface area contributed by atoms with Crippen molar-refractivity contribution in [1.29, 1.82) is 0 Å². The van der Waals surface area contributed by atoms with Gasteiger partial charge in [0.25, 0.3) is 0 Å². The van der Waals surface area contributed by atoms with Crippen LogP contribution in [0.15, 0.2) is 72.8 Å². The Labute approximate surface area is 155 Å². The number of aryl methyl sites for hydroxylation is 3. The first kappa shape index (κ1) is 16.4. The van der Waals surface area contributed by atoms with Gasteiger partial charge in [0.05, 0.1) is 0 Å². The molecule has 0 spiro atoms. The van der Waals surface area contributed by atoms with Crippen LogP contribution in [0.1, 0.15) is 33.5 Å². The standard InChI is InChI=1S/C25H23N/c1-17-8-12-20(13-9-17)16-23(21-14-10-18(2)11-15-21)25-19(3)26-24-7-5-4-6-22(24)25/h4-16,26H,1-3H3. The average molecular weight is 337 g/mol. The Bertz CT molecular complexity index is 1080. The number of rotatable bonds is 3. The molecule has 3 aromatic carbocycles. The van der Waals surface area contributed by atoms with Crippen molar-refractivity contribution < 1.29 is 0 Å². The van der Waals surface area contributed by atoms with Gasteiger partial charge >= 0.3 is 0 Å². The molecule has 0 saturated heterocycles. The van der Waals surface area contributed by atoms with Crippen molar-refractivity contribution in [3.05, 3.63) is 106 Å². The maximum Gasteiger partial charge on any atom is 0.0462 e. The molecule has 0 aliphatic heterocycles. The maximum absolute atomic E-state index is 3.54. The molecule has 1 heteroatoms. The van der Waals surface area contributed by atoms with E-state index in [-0.39, 0.29) is 0 Å². The van der Waals surface area contributed by atoms with Crippen LogP contribution >= 0.6 is 0 Å². The van der Waals surface area contributed by atoms with E-state index < -0.39 is 0 Å². The number of fused-ring (bicyclic) bond motifs is 1. The summed E-state index contributed by atoms with van der Waals surface area (Å²) in [6.07, 6.45) is 2.30. The van der Waals surface area contributed by atoms with Gasteiger partial charge in [0.1, 0.15) is 0 Å². The second-order valence-corrected chi connectivity index (χ2v) is 7.01. The van der Waals surface area contributed by atoms with E-state index >= 15 is 0 Å². The Hall–Kier alpha value is -3.06. The summed E-state index contributed by atoms with van der Waals surface area (Å²) >= 11 is 0. The molecular formula is C25H23N. The smallest absolute Gasteiger partial charge is 0.0462 e. The highest BCUT2D eigenvalue weighted by Crippen LogP contribution is 2.34. The number of aromatic amines is 1. The third-order valence-electron chi connectivity index (χ3n) is 4.91. The SMILES string of the molecule is Cc1ccc(C=C(c2ccc(C)cc2)c2c(C)[nH]c3ccccc23)cc1. The molecular weight excluding hydrogens is 314 g/mol. The fourth-order valence-electron chi connectivity index (χ4n) is 3.49. The molecule has 0 unspecified atom stereocenters. The highest BCUT2D eigenvalue weighted by atomic mass is 14.7. The van der Waals surface area contributed by atoms with Gasteiger partial charge in [-0.2, -0.15) is 0 Å². The summed E-state index contributed by atoms with van der Waals surface area (Å²) in [6, 6.07) is 26.0. The molecule has 0 radical (unpaired) electrons. The van der Waals surface area contributed by atoms with E-state index in [2.05, 4.69) is 105 Å². The van der Waals surface area contributed by atoms with Gasteiger partial charge in [0.2, 0.25) is 0 Å². The predicted molar refractivity (Wildman–Crippen MR) is 112 cm³/mol. The second-order valence-electron chi connectivity index (χ2n) is 7.01. The van der Waals surface area contributed by atoms with E-state index in [4.69, 9.17) is 0 Å². The lowest BCUT2D eigenvalue weighted by Crippen LogP contribution is -1.91. The molecule has 1 heterocycles. The van der Waals surface area contributed by atoms with Crippen molar-refractivity contribution >= 4 is 22.6 Å². The highest BCUT2D eigenvalue weighted by molar-refractivity contribution is 6.03. The first-order valence-electron chi connectivity index (χ1n) is 9.05. The van der Waals surface area contributed by atoms with Gasteiger partial charge < -0.3 is 4.98 Å². The van der Waals surface area contributed by atoms with Gasteiger partial charge in [-0.05, 0) is 49.6 Å². The van der Waals surface area contributed by atoms with E-state index in [1.807, 2.05) is 0 Å². The minimum atomic E-state index is 1.18. The molecule has 1 N–H and O–H groups in total. The lowest BCUT2D eigenvalue weighted by molar-refractivity contribution is 1.28. The Kier molecular flexibility index (Phi) is 4.22. The van der Waals surface area contributed by atoms with Crippen LogP contribution < -0.4 is 0 Å². The first-order chi connectivity index (χ1) is 12.6. The molecule has 1 nitrogen and oxygen atoms in total. The van der Waals surface area contributed by atoms with E-state index in [1.165, 1.54) is 50.0 Å². The van der Waals surface area contributed by atoms with Crippen molar-refractivity contribution in [3.8, 4) is 0 Å². The van der Waals surface area contributed by atoms with Crippen LogP contribution in [0.2, 0.25) is 0 Å². The van der Waals surface area contributed by atoms with E-state index in [1.54, 1.807) is 0 Å². The number of hydrogen-bond donors (Lipinski definition) is 1. The summed E-state index contributed by atoms with van der Waals surface area (Å²) < 4.78 is 0. The summed E-state index contributed by atoms with van der Waals surface area (Å²) in [7, 11) is 0. The lowest BCUT2D eigenvalue weighted by atomic mass is 9.93. The van der Waals surface area contributed by atoms with E-state index in [0.717, 1.165) is 0 Å². The zero-order valence-electron chi connectivity index (χ0n) is 15.5. The number of nitrogens with one attached hydrogen (secondary N) is 1. The predicted octanol–water partition coefficient (Wildman–Crippen LogP) is 6.68. The minimum absolute atomic E-state index is 1.18. The Morgan fingerprint density at radius 2 is 1.35 bits per heavy atom. The fourth-order valence-corrected chi connectivity index (χ4v) is 3.49. The summed E-state index contributed by atoms with van der Waals surface area (Å²) in [5.41, 5.74) is 9.93. The zero-order chi connectivity index (χ0) is 18.1. The molecule has 4 aromatic rings. The quantitative estimate of drug-likeness (QED) is 0.401. The first-order valence-corrected chi connectivity index (χ1v) is 9.05. The normalized spacial score (nSPS) is 11.9. The summed E-state index contributed by atoms with van der Waals surface area (Å²) in [4.78, 5) is 3.54. The Morgan fingerprint density at radius 1 is 0.731 bits per heavy atom. The number of aromatic nitrogens is 1. The molecule has 0 atom stereocenters. The van der Waals surface area contributed by atoms with Gasteiger partial charge in [0, 0.05) is 22.2 Å². The molecule has 128 valence electrons. The van der Waals surface area contributed by atoms with Crippen LogP contribution in [0.25, 0.3) is 22.6 Å². The molecule has 0 bridgehead atoms. The Balaban J connectivity index is 1.97. The van der Waals surface area contributed by atoms with Crippen molar-refractivity contribution in [2.75, 3.05) is 0 Å². The monoisotopic (exact) mass is 337 g/mol. The molecule has 0 fully saturated rings. The van der Waals surface area contributed by atoms with Crippen LogP contribution in [-0.2, 0) is 0 Å². The summed E-state index contributed by atoms with van der Waals surface area (Å²) in [5.74, 6) is 0. The number of para-hydroxylation sites is 1. The third-order valence-corrected chi connectivity index (χ3v) is 4.91. The van der Waals surface area contributed by atoms with Crippen LogP contribution in [0.5, 0.6) is 0 Å². The molecule has 26 heavy (non-hydrogen) atoms. The Morgan fingerprint density at radius 3 is 2.04 bits per heavy atom. The van der Waals surface area contributed by atoms with Crippen molar-refractivity contribution in [2.45, 2.75) is 20.8 Å². The van der Waals surface area contributed by atoms with Crippen LogP contribution in [0, 0.1) is 20.8 Å². The van der Waals surface area contributed by atoms with Gasteiger partial charge in [-0.1, -0.05) is 77.9 Å². The fraction of sp³-hybridized carbons (Fsp3) is 0.120. The number of hydrogen-bond acceptors (Lipinski definition) is 0. The van der Waals surface area contributed by atoms with Crippen molar-refractivity contribution in [1.82, 2.24) is 4.98 Å². The zero-order valence-corrected chi connectivity index (χ0v) is 15.5. The highest BCUT2D eigenvalue weighted by Gasteiger charge is 2.14. The molecule has 0 saturated carbocycles. The molecule has 0 amide bonds. The number of H-pyrrole nitrogens is 1. The molecule has 0 aliphatic rings. The van der Waals surface area contributed by atoms with Crippen molar-refractivity contribution in [3.63, 3.8) is 0 Å². The molecule has 1 aromatic heterocycles. The largest absolute Gasteiger partial charge is 0.358 e. The van der Waals surface area contributed by atoms with E-state index in [0.29, 0.717) is 0 Å². The summed E-state index contributed by atoms with van der Waals surface area (Å²) in [6.45, 7) is 6.41. The second kappa shape index (κ2) is 6.68. The van der Waals surface area contributed by atoms with Gasteiger partial charge in [-0.15, -0.1) is 0 Å². The van der Waals surface area contributed by atoms with Crippen molar-refractivity contribution in [2.24, 2.45) is 0 Å². The molecule has 0 aliphatic carbocycles.